The third-order valence-electron chi connectivity index (χ3n) is 4.05. The minimum absolute atomic E-state index is 0.0834. The van der Waals surface area contributed by atoms with Gasteiger partial charge in [0.2, 0.25) is 5.78 Å². The second kappa shape index (κ2) is 8.70. The molecular weight excluding hydrogens is 312 g/mol. The standard InChI is InChI=1S/C21H22N2O2/c1-4-23(5-2)19-12-11-17(20(14-19)25-3)13-18(15-22)21(24)16-9-7-6-8-10-16/h6-14H,4-5H2,1-3H3/b18-13+. The van der Waals surface area contributed by atoms with Crippen LogP contribution >= 0.6 is 0 Å². The molecule has 0 amide bonds. The highest BCUT2D eigenvalue weighted by atomic mass is 16.5. The molecule has 0 fully saturated rings. The van der Waals surface area contributed by atoms with Crippen molar-refractivity contribution in [3.8, 4) is 11.8 Å². The Morgan fingerprint density at radius 3 is 2.40 bits per heavy atom. The molecule has 0 saturated carbocycles. The summed E-state index contributed by atoms with van der Waals surface area (Å²) in [6, 6.07) is 16.6. The zero-order chi connectivity index (χ0) is 18.2. The van der Waals surface area contributed by atoms with E-state index in [1.54, 1.807) is 37.5 Å². The Kier molecular flexibility index (Phi) is 6.36. The lowest BCUT2D eigenvalue weighted by Gasteiger charge is -2.22. The predicted octanol–water partition coefficient (Wildman–Crippen LogP) is 4.33. The average molecular weight is 334 g/mol. The number of ether oxygens (including phenoxy) is 1. The highest BCUT2D eigenvalue weighted by molar-refractivity contribution is 6.14. The SMILES string of the molecule is CCN(CC)c1ccc(/C=C(\C#N)C(=O)c2ccccc2)c(OC)c1. The molecular formula is C21H22N2O2. The van der Waals surface area contributed by atoms with Crippen LogP contribution in [0.15, 0.2) is 54.1 Å². The Labute approximate surface area is 149 Å². The number of nitrogens with zero attached hydrogens (tertiary/aromatic N) is 2. The van der Waals surface area contributed by atoms with Gasteiger partial charge in [-0.05, 0) is 32.1 Å². The molecule has 0 heterocycles. The molecule has 0 aromatic heterocycles. The molecule has 128 valence electrons. The minimum atomic E-state index is -0.294. The molecule has 0 aliphatic heterocycles. The van der Waals surface area contributed by atoms with E-state index in [1.807, 2.05) is 30.3 Å². The van der Waals surface area contributed by atoms with E-state index in [0.717, 1.165) is 18.8 Å². The molecule has 0 radical (unpaired) electrons. The quantitative estimate of drug-likeness (QED) is 0.429. The lowest BCUT2D eigenvalue weighted by atomic mass is 10.0. The first-order chi connectivity index (χ1) is 12.1. The van der Waals surface area contributed by atoms with E-state index in [4.69, 9.17) is 4.74 Å². The fourth-order valence-corrected chi connectivity index (χ4v) is 2.65. The van der Waals surface area contributed by atoms with Crippen LogP contribution in [-0.2, 0) is 0 Å². The van der Waals surface area contributed by atoms with Gasteiger partial charge in [0.15, 0.2) is 0 Å². The maximum absolute atomic E-state index is 12.5. The molecule has 4 heteroatoms. The van der Waals surface area contributed by atoms with Crippen molar-refractivity contribution in [1.29, 1.82) is 5.26 Å². The van der Waals surface area contributed by atoms with E-state index in [2.05, 4.69) is 18.7 Å². The number of rotatable bonds is 7. The molecule has 25 heavy (non-hydrogen) atoms. The van der Waals surface area contributed by atoms with Gasteiger partial charge >= 0.3 is 0 Å². The van der Waals surface area contributed by atoms with Gasteiger partial charge in [-0.15, -0.1) is 0 Å². The summed E-state index contributed by atoms with van der Waals surface area (Å²) in [4.78, 5) is 14.7. The molecule has 2 rings (SSSR count). The maximum atomic E-state index is 12.5. The van der Waals surface area contributed by atoms with Crippen LogP contribution in [0.2, 0.25) is 0 Å². The fourth-order valence-electron chi connectivity index (χ4n) is 2.65. The van der Waals surface area contributed by atoms with Gasteiger partial charge in [-0.25, -0.2) is 0 Å². The van der Waals surface area contributed by atoms with Gasteiger partial charge in [-0.2, -0.15) is 5.26 Å². The average Bonchev–Trinajstić information content (AvgIpc) is 2.67. The number of allylic oxidation sites excluding steroid dienone is 1. The summed E-state index contributed by atoms with van der Waals surface area (Å²) < 4.78 is 5.46. The van der Waals surface area contributed by atoms with E-state index in [9.17, 15) is 10.1 Å². The summed E-state index contributed by atoms with van der Waals surface area (Å²) in [6.45, 7) is 5.97. The first kappa shape index (κ1) is 18.3. The lowest BCUT2D eigenvalue weighted by Crippen LogP contribution is -2.21. The van der Waals surface area contributed by atoms with Gasteiger partial charge in [0.05, 0.1) is 7.11 Å². The highest BCUT2D eigenvalue weighted by Gasteiger charge is 2.14. The van der Waals surface area contributed by atoms with Gasteiger partial charge in [0, 0.05) is 36.0 Å². The Morgan fingerprint density at radius 1 is 1.16 bits per heavy atom. The van der Waals surface area contributed by atoms with E-state index < -0.39 is 0 Å². The van der Waals surface area contributed by atoms with Crippen LogP contribution < -0.4 is 9.64 Å². The Bertz CT molecular complexity index is 800. The van der Waals surface area contributed by atoms with Crippen LogP contribution in [0.25, 0.3) is 6.08 Å². The highest BCUT2D eigenvalue weighted by Crippen LogP contribution is 2.28. The molecule has 2 aromatic carbocycles. The summed E-state index contributed by atoms with van der Waals surface area (Å²) in [5.41, 5.74) is 2.33. The first-order valence-corrected chi connectivity index (χ1v) is 8.29. The van der Waals surface area contributed by atoms with Crippen LogP contribution in [0.3, 0.4) is 0 Å². The van der Waals surface area contributed by atoms with Crippen molar-refractivity contribution in [2.24, 2.45) is 0 Å². The summed E-state index contributed by atoms with van der Waals surface area (Å²) in [7, 11) is 1.59. The third kappa shape index (κ3) is 4.27. The molecule has 4 nitrogen and oxygen atoms in total. The molecule has 0 saturated heterocycles. The van der Waals surface area contributed by atoms with Gasteiger partial charge < -0.3 is 9.64 Å². The number of nitriles is 1. The van der Waals surface area contributed by atoms with Crippen molar-refractivity contribution in [1.82, 2.24) is 0 Å². The second-order valence-corrected chi connectivity index (χ2v) is 5.46. The van der Waals surface area contributed by atoms with Crippen molar-refractivity contribution in [3.05, 3.63) is 65.2 Å². The van der Waals surface area contributed by atoms with Crippen LogP contribution in [-0.4, -0.2) is 26.0 Å². The van der Waals surface area contributed by atoms with Crippen LogP contribution in [0, 0.1) is 11.3 Å². The van der Waals surface area contributed by atoms with Crippen molar-refractivity contribution >= 4 is 17.5 Å². The number of anilines is 1. The molecule has 0 aliphatic carbocycles. The Morgan fingerprint density at radius 2 is 1.84 bits per heavy atom. The molecule has 0 bridgehead atoms. The van der Waals surface area contributed by atoms with Crippen LogP contribution in [0.1, 0.15) is 29.8 Å². The number of carbonyl (C=O) groups excluding carboxylic acids is 1. The van der Waals surface area contributed by atoms with E-state index in [1.165, 1.54) is 0 Å². The molecule has 2 aromatic rings. The van der Waals surface area contributed by atoms with E-state index in [0.29, 0.717) is 16.9 Å². The summed E-state index contributed by atoms with van der Waals surface area (Å²) in [6.07, 6.45) is 1.58. The Hall–Kier alpha value is -3.06. The molecule has 0 aliphatic rings. The second-order valence-electron chi connectivity index (χ2n) is 5.46. The van der Waals surface area contributed by atoms with E-state index in [-0.39, 0.29) is 11.4 Å². The largest absolute Gasteiger partial charge is 0.496 e. The summed E-state index contributed by atoms with van der Waals surface area (Å²) in [5, 5.41) is 9.41. The monoisotopic (exact) mass is 334 g/mol. The maximum Gasteiger partial charge on any atom is 0.203 e. The number of benzene rings is 2. The van der Waals surface area contributed by atoms with Crippen LogP contribution in [0.4, 0.5) is 5.69 Å². The number of methoxy groups -OCH3 is 1. The normalized spacial score (nSPS) is 10.9. The van der Waals surface area contributed by atoms with Crippen molar-refractivity contribution < 1.29 is 9.53 Å². The van der Waals surface area contributed by atoms with Crippen molar-refractivity contribution in [2.45, 2.75) is 13.8 Å². The predicted molar refractivity (Wildman–Crippen MR) is 101 cm³/mol. The van der Waals surface area contributed by atoms with Gasteiger partial charge in [0.25, 0.3) is 0 Å². The number of carbonyl (C=O) groups is 1. The number of hydrogen-bond donors (Lipinski definition) is 0. The topological polar surface area (TPSA) is 53.3 Å². The molecule has 0 atom stereocenters. The van der Waals surface area contributed by atoms with Gasteiger partial charge in [-0.1, -0.05) is 30.3 Å². The van der Waals surface area contributed by atoms with Gasteiger partial charge in [0.1, 0.15) is 17.4 Å². The number of hydrogen-bond acceptors (Lipinski definition) is 4. The fraction of sp³-hybridized carbons (Fsp3) is 0.238. The Balaban J connectivity index is 2.41. The molecule has 0 N–H and O–H groups in total. The zero-order valence-electron chi connectivity index (χ0n) is 14.8. The zero-order valence-corrected chi connectivity index (χ0v) is 14.8. The molecule has 0 unspecified atom stereocenters. The molecule has 0 spiro atoms. The van der Waals surface area contributed by atoms with Gasteiger partial charge in [-0.3, -0.25) is 4.79 Å². The minimum Gasteiger partial charge on any atom is -0.496 e. The van der Waals surface area contributed by atoms with Crippen LogP contribution in [0.5, 0.6) is 5.75 Å². The smallest absolute Gasteiger partial charge is 0.203 e. The lowest BCUT2D eigenvalue weighted by molar-refractivity contribution is 0.104. The van der Waals surface area contributed by atoms with E-state index >= 15 is 0 Å². The number of ketones is 1. The first-order valence-electron chi connectivity index (χ1n) is 8.29. The third-order valence-corrected chi connectivity index (χ3v) is 4.05. The summed E-state index contributed by atoms with van der Waals surface area (Å²) >= 11 is 0. The van der Waals surface area contributed by atoms with Crippen molar-refractivity contribution in [3.63, 3.8) is 0 Å². The summed E-state index contributed by atoms with van der Waals surface area (Å²) in [5.74, 6) is 0.344. The van der Waals surface area contributed by atoms with Crippen molar-refractivity contribution in [2.75, 3.05) is 25.1 Å². The number of Topliss-reactive ketones (excluding diaryl/α,β-unsaturated/α-hetero) is 1.